The van der Waals surface area contributed by atoms with Crippen molar-refractivity contribution in [2.24, 2.45) is 11.8 Å². The van der Waals surface area contributed by atoms with Gasteiger partial charge in [-0.1, -0.05) is 52.0 Å². The molecule has 2 unspecified atom stereocenters. The van der Waals surface area contributed by atoms with E-state index in [0.717, 1.165) is 0 Å². The van der Waals surface area contributed by atoms with E-state index in [-0.39, 0.29) is 43.8 Å². The van der Waals surface area contributed by atoms with Gasteiger partial charge in [0.2, 0.25) is 23.6 Å². The van der Waals surface area contributed by atoms with Crippen LogP contribution in [-0.4, -0.2) is 182 Å². The number of likely N-dealkylation sites (tertiary alicyclic amines) is 1. The van der Waals surface area contributed by atoms with Crippen LogP contribution >= 0.6 is 0 Å². The highest BCUT2D eigenvalue weighted by atomic mass is 16.6. The standard InChI is InChI=1S/C27H44N4O8.C25H40N4O8/c1-6-8-10-13-19(23(33)25(35)28-16-22(32)38-5)29-24(34)21-14-11-15-31(21)26(36)20(12-9-7-2)30-27(37)39-17-18(3)4;1-16(2)15-37-25(35)28-18-11-8-6-4-5-7-10-17(21(31)23(33)26-14-20(30)36-3)27-22(32)19-12-9-13-29(19)24(18)34/h6-7,18-21,23,33H,1-2,8-17H2,3-5H3,(H,28,35)(H,29,34)(H,30,37);4,6,16-19,21,31H,5,7-15H2,1-3H3,(H,26,33)(H,27,32)(H,28,35)/b;6-4-/t19-,20-,21-,23?;17-,18-,19-,21?/m00/s1. The predicted octanol–water partition coefficient (Wildman–Crippen LogP) is 1.57. The summed E-state index contributed by atoms with van der Waals surface area (Å²) in [6.45, 7) is 15.2. The first kappa shape index (κ1) is 65.6. The smallest absolute Gasteiger partial charge is 0.407 e. The molecule has 0 radical (unpaired) electrons. The average molecular weight is 1080 g/mol. The van der Waals surface area contributed by atoms with Crippen molar-refractivity contribution in [2.45, 2.75) is 166 Å². The number of ether oxygens (including phenoxy) is 4. The number of alkyl carbamates (subject to hydrolysis) is 2. The first-order valence-electron chi connectivity index (χ1n) is 26.2. The lowest BCUT2D eigenvalue weighted by atomic mass is 10.0. The zero-order chi connectivity index (χ0) is 56.7. The molecule has 0 aromatic rings. The van der Waals surface area contributed by atoms with E-state index in [1.165, 1.54) is 24.0 Å². The van der Waals surface area contributed by atoms with Crippen molar-refractivity contribution in [3.05, 3.63) is 37.5 Å². The Morgan fingerprint density at radius 2 is 1.36 bits per heavy atom. The maximum Gasteiger partial charge on any atom is 0.407 e. The minimum absolute atomic E-state index is 0.127. The molecular weight excluding hydrogens is 993 g/mol. The molecule has 0 bridgehead atoms. The highest BCUT2D eigenvalue weighted by Gasteiger charge is 2.41. The van der Waals surface area contributed by atoms with Gasteiger partial charge >= 0.3 is 24.1 Å². The zero-order valence-electron chi connectivity index (χ0n) is 45.1. The van der Waals surface area contributed by atoms with Gasteiger partial charge in [-0.05, 0) is 102 Å². The minimum Gasteiger partial charge on any atom is -0.468 e. The highest BCUT2D eigenvalue weighted by Crippen LogP contribution is 2.23. The minimum atomic E-state index is -1.63. The van der Waals surface area contributed by atoms with Crippen molar-refractivity contribution in [3.8, 4) is 0 Å². The number of unbranched alkanes of at least 4 members (excludes halogenated alkanes) is 1. The van der Waals surface area contributed by atoms with Crippen LogP contribution in [0, 0.1) is 11.8 Å². The van der Waals surface area contributed by atoms with Gasteiger partial charge in [0.15, 0.2) is 12.2 Å². The van der Waals surface area contributed by atoms with Crippen molar-refractivity contribution in [1.29, 1.82) is 0 Å². The van der Waals surface area contributed by atoms with E-state index in [4.69, 9.17) is 9.47 Å². The van der Waals surface area contributed by atoms with Crippen LogP contribution in [0.3, 0.4) is 0 Å². The van der Waals surface area contributed by atoms with Gasteiger partial charge in [0.1, 0.15) is 37.3 Å². The number of aliphatic hydroxyl groups excluding tert-OH is 2. The number of methoxy groups -OCH3 is 2. The van der Waals surface area contributed by atoms with E-state index in [9.17, 15) is 58.2 Å². The van der Waals surface area contributed by atoms with Crippen molar-refractivity contribution in [1.82, 2.24) is 41.7 Å². The number of aliphatic hydroxyl groups is 2. The topological polar surface area (TPSA) is 327 Å². The van der Waals surface area contributed by atoms with Crippen molar-refractivity contribution in [2.75, 3.05) is 53.6 Å². The highest BCUT2D eigenvalue weighted by molar-refractivity contribution is 5.94. The molecule has 3 aliphatic heterocycles. The maximum atomic E-state index is 13.4. The molecule has 24 heteroatoms. The first-order chi connectivity index (χ1) is 36.2. The number of fused-ring (bicyclic) bond motifs is 1. The zero-order valence-corrected chi connectivity index (χ0v) is 45.1. The molecule has 3 rings (SSSR count). The second-order valence-electron chi connectivity index (χ2n) is 19.5. The quantitative estimate of drug-likeness (QED) is 0.0294. The number of allylic oxidation sites excluding steroid dienone is 4. The number of rotatable bonds is 24. The molecule has 428 valence electrons. The Balaban J connectivity index is 0.000000521. The largest absolute Gasteiger partial charge is 0.468 e. The third kappa shape index (κ3) is 23.5. The third-order valence-corrected chi connectivity index (χ3v) is 12.4. The number of carbonyl (C=O) groups excluding carboxylic acids is 10. The summed E-state index contributed by atoms with van der Waals surface area (Å²) in [5, 5.41) is 36.6. The van der Waals surface area contributed by atoms with Gasteiger partial charge in [0.05, 0.1) is 39.5 Å². The Labute approximate surface area is 446 Å². The van der Waals surface area contributed by atoms with Gasteiger partial charge in [-0.15, -0.1) is 13.2 Å². The Hall–Kier alpha value is -6.56. The molecule has 8 atom stereocenters. The molecule has 2 saturated heterocycles. The maximum absolute atomic E-state index is 13.4. The lowest BCUT2D eigenvalue weighted by molar-refractivity contribution is -0.143. The first-order valence-corrected chi connectivity index (χ1v) is 26.2. The van der Waals surface area contributed by atoms with Gasteiger partial charge in [-0.2, -0.15) is 0 Å². The Morgan fingerprint density at radius 3 is 1.97 bits per heavy atom. The molecule has 24 nitrogen and oxygen atoms in total. The van der Waals surface area contributed by atoms with Gasteiger partial charge in [0, 0.05) is 13.1 Å². The molecule has 2 fully saturated rings. The van der Waals surface area contributed by atoms with Crippen LogP contribution in [0.5, 0.6) is 0 Å². The second kappa shape index (κ2) is 35.7. The fourth-order valence-electron chi connectivity index (χ4n) is 8.31. The third-order valence-electron chi connectivity index (χ3n) is 12.4. The number of esters is 2. The van der Waals surface area contributed by atoms with E-state index in [0.29, 0.717) is 90.1 Å². The predicted molar refractivity (Wildman–Crippen MR) is 277 cm³/mol. The molecular formula is C52H84N8O16. The van der Waals surface area contributed by atoms with E-state index in [1.807, 2.05) is 39.8 Å². The van der Waals surface area contributed by atoms with E-state index >= 15 is 0 Å². The van der Waals surface area contributed by atoms with Gasteiger partial charge < -0.3 is 70.9 Å². The van der Waals surface area contributed by atoms with E-state index < -0.39 is 115 Å². The number of nitrogens with one attached hydrogen (secondary N) is 6. The fourth-order valence-corrected chi connectivity index (χ4v) is 8.31. The Bertz CT molecular complexity index is 1980. The summed E-state index contributed by atoms with van der Waals surface area (Å²) in [7, 11) is 2.35. The van der Waals surface area contributed by atoms with Gasteiger partial charge in [-0.25, -0.2) is 9.59 Å². The van der Waals surface area contributed by atoms with Crippen LogP contribution < -0.4 is 31.9 Å². The summed E-state index contributed by atoms with van der Waals surface area (Å²) in [4.78, 5) is 128. The molecule has 0 aromatic carbocycles. The Kier molecular flexibility index (Phi) is 30.8. The van der Waals surface area contributed by atoms with Crippen LogP contribution in [0.2, 0.25) is 0 Å². The normalized spacial score (nSPS) is 20.8. The number of nitrogens with zero attached hydrogens (tertiary/aromatic N) is 2. The summed E-state index contributed by atoms with van der Waals surface area (Å²) in [5.74, 6) is -4.53. The molecule has 0 aliphatic carbocycles. The number of hydrogen-bond acceptors (Lipinski definition) is 16. The summed E-state index contributed by atoms with van der Waals surface area (Å²) >= 11 is 0. The molecule has 76 heavy (non-hydrogen) atoms. The van der Waals surface area contributed by atoms with Crippen molar-refractivity contribution in [3.63, 3.8) is 0 Å². The SMILES string of the molecule is C=CCCC[C@H](NC(=O)[C@@H]1CCCN1C(=O)[C@H](CCC=C)NC(=O)OCC(C)C)C(O)C(=O)NCC(=O)OC.COC(=O)CNC(=O)C(O)[C@@H]1CCC/C=C\CC[C@H](NC(=O)OCC(C)C)C(=O)N2CCC[C@H]2C(=O)N1. The van der Waals surface area contributed by atoms with Gasteiger partial charge in [0.25, 0.3) is 11.8 Å². The number of carbonyl (C=O) groups is 10. The van der Waals surface area contributed by atoms with Crippen molar-refractivity contribution >= 4 is 59.6 Å². The lowest BCUT2D eigenvalue weighted by Gasteiger charge is -2.31. The summed E-state index contributed by atoms with van der Waals surface area (Å²) < 4.78 is 19.3. The fraction of sp³-hybridized carbons (Fsp3) is 0.692. The summed E-state index contributed by atoms with van der Waals surface area (Å²) in [6, 6.07) is -5.29. The van der Waals surface area contributed by atoms with Crippen LogP contribution in [0.25, 0.3) is 0 Å². The lowest BCUT2D eigenvalue weighted by Crippen LogP contribution is -2.57. The summed E-state index contributed by atoms with van der Waals surface area (Å²) in [6.07, 6.45) is 9.06. The number of hydrogen-bond donors (Lipinski definition) is 8. The van der Waals surface area contributed by atoms with E-state index in [1.54, 1.807) is 12.2 Å². The van der Waals surface area contributed by atoms with Crippen LogP contribution in [0.1, 0.15) is 118 Å². The number of amides is 8. The van der Waals surface area contributed by atoms with Crippen molar-refractivity contribution < 1.29 is 77.1 Å². The summed E-state index contributed by atoms with van der Waals surface area (Å²) in [5.41, 5.74) is 0. The molecule has 0 aromatic heterocycles. The van der Waals surface area contributed by atoms with Crippen LogP contribution in [0.4, 0.5) is 9.59 Å². The molecule has 0 saturated carbocycles. The molecule has 8 N–H and O–H groups in total. The Morgan fingerprint density at radius 1 is 0.750 bits per heavy atom. The van der Waals surface area contributed by atoms with Crippen LogP contribution in [-0.2, 0) is 57.3 Å². The van der Waals surface area contributed by atoms with Crippen LogP contribution in [0.15, 0.2) is 37.5 Å². The van der Waals surface area contributed by atoms with E-state index in [2.05, 4.69) is 54.5 Å². The average Bonchev–Trinajstić information content (AvgIpc) is 4.11. The second-order valence-corrected chi connectivity index (χ2v) is 19.5. The molecule has 8 amide bonds. The molecule has 0 spiro atoms. The monoisotopic (exact) mass is 1080 g/mol. The molecule has 3 heterocycles. The van der Waals surface area contributed by atoms with Gasteiger partial charge in [-0.3, -0.25) is 38.4 Å². The molecule has 3 aliphatic rings.